The van der Waals surface area contributed by atoms with E-state index >= 15 is 0 Å². The number of rotatable bonds is 5. The van der Waals surface area contributed by atoms with E-state index in [-0.39, 0.29) is 17.9 Å². The summed E-state index contributed by atoms with van der Waals surface area (Å²) >= 11 is 0. The molecule has 114 valence electrons. The van der Waals surface area contributed by atoms with Crippen LogP contribution in [0.4, 0.5) is 0 Å². The minimum absolute atomic E-state index is 0.149. The zero-order chi connectivity index (χ0) is 16.1. The van der Waals surface area contributed by atoms with Crippen LogP contribution >= 0.6 is 0 Å². The van der Waals surface area contributed by atoms with Crippen LogP contribution in [0.5, 0.6) is 11.5 Å². The van der Waals surface area contributed by atoms with Crippen molar-refractivity contribution >= 4 is 11.5 Å². The Labute approximate surface area is 128 Å². The van der Waals surface area contributed by atoms with Gasteiger partial charge in [-0.1, -0.05) is 30.3 Å². The van der Waals surface area contributed by atoms with Crippen LogP contribution in [0.25, 0.3) is 5.57 Å². The van der Waals surface area contributed by atoms with Crippen molar-refractivity contribution in [3.63, 3.8) is 0 Å². The summed E-state index contributed by atoms with van der Waals surface area (Å²) in [5.41, 5.74) is 7.97. The number of carboxylic acid groups (broad SMARTS) is 1. The van der Waals surface area contributed by atoms with Crippen LogP contribution in [0.1, 0.15) is 17.5 Å². The Kier molecular flexibility index (Phi) is 4.80. The molecule has 2 aromatic carbocycles. The highest BCUT2D eigenvalue weighted by Crippen LogP contribution is 2.27. The van der Waals surface area contributed by atoms with Crippen LogP contribution in [0.15, 0.2) is 54.6 Å². The van der Waals surface area contributed by atoms with Gasteiger partial charge in [0, 0.05) is 0 Å². The summed E-state index contributed by atoms with van der Waals surface area (Å²) in [6, 6.07) is 12.2. The van der Waals surface area contributed by atoms with Crippen LogP contribution < -0.4 is 5.73 Å². The van der Waals surface area contributed by atoms with E-state index in [2.05, 4.69) is 0 Å². The third-order valence-corrected chi connectivity index (χ3v) is 3.25. The molecular weight excluding hydrogens is 282 g/mol. The molecule has 0 fully saturated rings. The summed E-state index contributed by atoms with van der Waals surface area (Å²) in [5.74, 6) is -0.765. The first-order chi connectivity index (χ1) is 10.5. The molecule has 0 heterocycles. The third-order valence-electron chi connectivity index (χ3n) is 3.25. The standard InChI is InChI=1S/C17H17NO4/c18-16(17(21)22)10-9-15(11-1-5-13(19)6-2-11)12-3-7-14(20)8-4-12/h1-9,16,19-20H,10,18H2,(H,21,22)/t16-/m0/s1. The van der Waals surface area contributed by atoms with Crippen molar-refractivity contribution in [2.75, 3.05) is 0 Å². The summed E-state index contributed by atoms with van der Waals surface area (Å²) < 4.78 is 0. The highest BCUT2D eigenvalue weighted by atomic mass is 16.4. The van der Waals surface area contributed by atoms with Gasteiger partial charge < -0.3 is 21.1 Å². The number of phenolic OH excluding ortho intramolecular Hbond substituents is 2. The number of benzene rings is 2. The van der Waals surface area contributed by atoms with Gasteiger partial charge in [0.2, 0.25) is 0 Å². The Morgan fingerprint density at radius 2 is 1.36 bits per heavy atom. The van der Waals surface area contributed by atoms with Crippen molar-refractivity contribution in [2.24, 2.45) is 5.73 Å². The van der Waals surface area contributed by atoms with E-state index in [1.54, 1.807) is 54.6 Å². The number of phenols is 2. The van der Waals surface area contributed by atoms with Crippen molar-refractivity contribution in [1.82, 2.24) is 0 Å². The molecule has 0 spiro atoms. The number of hydrogen-bond donors (Lipinski definition) is 4. The lowest BCUT2D eigenvalue weighted by Crippen LogP contribution is -2.29. The molecule has 0 saturated carbocycles. The fourth-order valence-corrected chi connectivity index (χ4v) is 2.03. The minimum atomic E-state index is -1.06. The molecule has 0 amide bonds. The Hall–Kier alpha value is -2.79. The average molecular weight is 299 g/mol. The van der Waals surface area contributed by atoms with E-state index < -0.39 is 12.0 Å². The van der Waals surface area contributed by atoms with E-state index in [0.717, 1.165) is 16.7 Å². The van der Waals surface area contributed by atoms with Crippen molar-refractivity contribution in [2.45, 2.75) is 12.5 Å². The van der Waals surface area contributed by atoms with E-state index in [1.165, 1.54) is 0 Å². The SMILES string of the molecule is N[C@@H](CC=C(c1ccc(O)cc1)c1ccc(O)cc1)C(=O)O. The molecule has 2 aromatic rings. The van der Waals surface area contributed by atoms with Crippen molar-refractivity contribution < 1.29 is 20.1 Å². The van der Waals surface area contributed by atoms with Gasteiger partial charge in [0.15, 0.2) is 0 Å². The highest BCUT2D eigenvalue weighted by Gasteiger charge is 2.11. The number of aromatic hydroxyl groups is 2. The Morgan fingerprint density at radius 3 is 1.73 bits per heavy atom. The smallest absolute Gasteiger partial charge is 0.320 e. The van der Waals surface area contributed by atoms with E-state index in [9.17, 15) is 15.0 Å². The highest BCUT2D eigenvalue weighted by molar-refractivity contribution is 5.81. The number of hydrogen-bond acceptors (Lipinski definition) is 4. The van der Waals surface area contributed by atoms with Crippen LogP contribution in [-0.2, 0) is 4.79 Å². The maximum absolute atomic E-state index is 10.9. The lowest BCUT2D eigenvalue weighted by Gasteiger charge is -2.11. The van der Waals surface area contributed by atoms with Gasteiger partial charge in [-0.2, -0.15) is 0 Å². The molecule has 5 heteroatoms. The molecule has 0 aliphatic rings. The first-order valence-corrected chi connectivity index (χ1v) is 6.74. The molecule has 0 unspecified atom stereocenters. The maximum atomic E-state index is 10.9. The summed E-state index contributed by atoms with van der Waals surface area (Å²) in [4.78, 5) is 10.9. The number of aliphatic carboxylic acids is 1. The molecule has 1 atom stereocenters. The van der Waals surface area contributed by atoms with Gasteiger partial charge >= 0.3 is 5.97 Å². The molecule has 5 N–H and O–H groups in total. The first kappa shape index (κ1) is 15.6. The van der Waals surface area contributed by atoms with Gasteiger partial charge in [-0.3, -0.25) is 4.79 Å². The summed E-state index contributed by atoms with van der Waals surface area (Å²) in [6.07, 6.45) is 1.92. The molecule has 5 nitrogen and oxygen atoms in total. The van der Waals surface area contributed by atoms with E-state index in [1.807, 2.05) is 0 Å². The van der Waals surface area contributed by atoms with Gasteiger partial charge in [-0.05, 0) is 47.4 Å². The second kappa shape index (κ2) is 6.78. The van der Waals surface area contributed by atoms with Crippen molar-refractivity contribution in [1.29, 1.82) is 0 Å². The molecule has 0 aliphatic heterocycles. The van der Waals surface area contributed by atoms with E-state index in [4.69, 9.17) is 10.8 Å². The second-order valence-corrected chi connectivity index (χ2v) is 4.89. The number of nitrogens with two attached hydrogens (primary N) is 1. The number of carbonyl (C=O) groups is 1. The maximum Gasteiger partial charge on any atom is 0.320 e. The first-order valence-electron chi connectivity index (χ1n) is 6.74. The molecule has 0 radical (unpaired) electrons. The number of carboxylic acids is 1. The van der Waals surface area contributed by atoms with Gasteiger partial charge in [-0.15, -0.1) is 0 Å². The third kappa shape index (κ3) is 3.86. The lowest BCUT2D eigenvalue weighted by molar-refractivity contribution is -0.138. The van der Waals surface area contributed by atoms with Crippen LogP contribution in [0.2, 0.25) is 0 Å². The van der Waals surface area contributed by atoms with Crippen LogP contribution in [0.3, 0.4) is 0 Å². The molecule has 22 heavy (non-hydrogen) atoms. The summed E-state index contributed by atoms with van der Waals surface area (Å²) in [7, 11) is 0. The monoisotopic (exact) mass is 299 g/mol. The molecular formula is C17H17NO4. The average Bonchev–Trinajstić information content (AvgIpc) is 2.50. The summed E-state index contributed by atoms with van der Waals surface area (Å²) in [6.45, 7) is 0. The molecule has 0 aromatic heterocycles. The predicted molar refractivity (Wildman–Crippen MR) is 83.5 cm³/mol. The van der Waals surface area contributed by atoms with Crippen LogP contribution in [-0.4, -0.2) is 27.3 Å². The molecule has 0 aliphatic carbocycles. The van der Waals surface area contributed by atoms with E-state index in [0.29, 0.717) is 0 Å². The normalized spacial score (nSPS) is 11.7. The molecule has 0 saturated heterocycles. The predicted octanol–water partition coefficient (Wildman–Crippen LogP) is 2.33. The zero-order valence-corrected chi connectivity index (χ0v) is 11.8. The van der Waals surface area contributed by atoms with Gasteiger partial charge in [-0.25, -0.2) is 0 Å². The minimum Gasteiger partial charge on any atom is -0.508 e. The largest absolute Gasteiger partial charge is 0.508 e. The van der Waals surface area contributed by atoms with Gasteiger partial charge in [0.1, 0.15) is 17.5 Å². The fraction of sp³-hybridized carbons (Fsp3) is 0.118. The zero-order valence-electron chi connectivity index (χ0n) is 11.8. The topological polar surface area (TPSA) is 104 Å². The van der Waals surface area contributed by atoms with Crippen LogP contribution in [0, 0.1) is 0 Å². The Balaban J connectivity index is 2.39. The fourth-order valence-electron chi connectivity index (χ4n) is 2.03. The summed E-state index contributed by atoms with van der Waals surface area (Å²) in [5, 5.41) is 27.7. The molecule has 0 bridgehead atoms. The Morgan fingerprint density at radius 1 is 0.955 bits per heavy atom. The lowest BCUT2D eigenvalue weighted by atomic mass is 9.96. The Bertz CT molecular complexity index is 627. The molecule has 2 rings (SSSR count). The van der Waals surface area contributed by atoms with Crippen molar-refractivity contribution in [3.05, 3.63) is 65.7 Å². The quantitative estimate of drug-likeness (QED) is 0.678. The second-order valence-electron chi connectivity index (χ2n) is 4.89. The van der Waals surface area contributed by atoms with Gasteiger partial charge in [0.05, 0.1) is 0 Å². The van der Waals surface area contributed by atoms with Crippen molar-refractivity contribution in [3.8, 4) is 11.5 Å². The van der Waals surface area contributed by atoms with Gasteiger partial charge in [0.25, 0.3) is 0 Å².